The van der Waals surface area contributed by atoms with Gasteiger partial charge in [-0.1, -0.05) is 12.1 Å². The minimum atomic E-state index is 0.727. The smallest absolute Gasteiger partial charge is 0.151 e. The van der Waals surface area contributed by atoms with Crippen molar-refractivity contribution in [3.63, 3.8) is 0 Å². The molecule has 0 atom stereocenters. The van der Waals surface area contributed by atoms with Gasteiger partial charge in [0.15, 0.2) is 5.82 Å². The van der Waals surface area contributed by atoms with Crippen LogP contribution in [0.4, 0.5) is 5.82 Å². The summed E-state index contributed by atoms with van der Waals surface area (Å²) < 4.78 is 5.37. The third-order valence-corrected chi connectivity index (χ3v) is 3.77. The monoisotopic (exact) mass is 309 g/mol. The molecule has 0 spiro atoms. The van der Waals surface area contributed by atoms with E-state index in [1.165, 1.54) is 0 Å². The summed E-state index contributed by atoms with van der Waals surface area (Å²) in [5, 5.41) is 15.6. The lowest BCUT2D eigenvalue weighted by atomic mass is 10.1. The second kappa shape index (κ2) is 6.48. The van der Waals surface area contributed by atoms with Gasteiger partial charge in [-0.2, -0.15) is 5.10 Å². The van der Waals surface area contributed by atoms with Gasteiger partial charge in [0.2, 0.25) is 0 Å². The van der Waals surface area contributed by atoms with Gasteiger partial charge < -0.3 is 9.64 Å². The highest BCUT2D eigenvalue weighted by Crippen LogP contribution is 2.28. The molecule has 0 aliphatic heterocycles. The van der Waals surface area contributed by atoms with Gasteiger partial charge in [0.25, 0.3) is 0 Å². The maximum absolute atomic E-state index is 5.37. The van der Waals surface area contributed by atoms with Gasteiger partial charge >= 0.3 is 0 Å². The maximum Gasteiger partial charge on any atom is 0.151 e. The van der Waals surface area contributed by atoms with E-state index in [0.717, 1.165) is 40.6 Å². The number of nitrogens with one attached hydrogen (secondary N) is 1. The Balaban J connectivity index is 1.80. The third-order valence-electron chi connectivity index (χ3n) is 3.77. The van der Waals surface area contributed by atoms with Crippen molar-refractivity contribution in [3.8, 4) is 17.0 Å². The lowest BCUT2D eigenvalue weighted by Crippen LogP contribution is -2.18. The lowest BCUT2D eigenvalue weighted by Gasteiger charge is -2.17. The molecule has 0 radical (unpaired) electrons. The summed E-state index contributed by atoms with van der Waals surface area (Å²) in [7, 11) is 3.64. The van der Waals surface area contributed by atoms with E-state index in [0.29, 0.717) is 0 Å². The van der Waals surface area contributed by atoms with Crippen molar-refractivity contribution in [2.45, 2.75) is 13.5 Å². The highest BCUT2D eigenvalue weighted by molar-refractivity contribution is 5.67. The molecule has 2 aromatic heterocycles. The molecule has 0 unspecified atom stereocenters. The van der Waals surface area contributed by atoms with Crippen LogP contribution in [0, 0.1) is 6.92 Å². The van der Waals surface area contributed by atoms with E-state index in [4.69, 9.17) is 4.74 Å². The van der Waals surface area contributed by atoms with Crippen molar-refractivity contribution in [2.24, 2.45) is 0 Å². The Morgan fingerprint density at radius 3 is 2.61 bits per heavy atom. The number of aromatic nitrogens is 4. The van der Waals surface area contributed by atoms with Gasteiger partial charge in [0, 0.05) is 30.4 Å². The molecular formula is C17H19N5O. The van der Waals surface area contributed by atoms with Gasteiger partial charge in [0.05, 0.1) is 19.0 Å². The molecule has 6 nitrogen and oxygen atoms in total. The second-order valence-electron chi connectivity index (χ2n) is 5.35. The quantitative estimate of drug-likeness (QED) is 0.785. The number of aromatic amines is 1. The number of rotatable bonds is 5. The predicted molar refractivity (Wildman–Crippen MR) is 89.5 cm³/mol. The van der Waals surface area contributed by atoms with Crippen LogP contribution in [-0.4, -0.2) is 34.6 Å². The summed E-state index contributed by atoms with van der Waals surface area (Å²) in [4.78, 5) is 2.04. The van der Waals surface area contributed by atoms with Crippen molar-refractivity contribution in [1.82, 2.24) is 20.4 Å². The number of nitrogens with zero attached hydrogens (tertiary/aromatic N) is 4. The number of ether oxygens (including phenoxy) is 1. The summed E-state index contributed by atoms with van der Waals surface area (Å²) in [5.74, 6) is 1.60. The highest BCUT2D eigenvalue weighted by Gasteiger charge is 2.10. The Hall–Kier alpha value is -2.89. The van der Waals surface area contributed by atoms with Gasteiger partial charge in [-0.15, -0.1) is 10.2 Å². The largest absolute Gasteiger partial charge is 0.496 e. The number of hydrogen-bond acceptors (Lipinski definition) is 5. The fourth-order valence-electron chi connectivity index (χ4n) is 2.40. The van der Waals surface area contributed by atoms with E-state index >= 15 is 0 Å². The zero-order chi connectivity index (χ0) is 16.2. The van der Waals surface area contributed by atoms with Crippen LogP contribution in [0.25, 0.3) is 11.3 Å². The van der Waals surface area contributed by atoms with Crippen LogP contribution in [0.15, 0.2) is 42.6 Å². The van der Waals surface area contributed by atoms with Gasteiger partial charge in [-0.05, 0) is 31.2 Å². The first-order chi connectivity index (χ1) is 11.2. The molecular weight excluding hydrogens is 290 g/mol. The third kappa shape index (κ3) is 3.15. The van der Waals surface area contributed by atoms with Crippen LogP contribution >= 0.6 is 0 Å². The van der Waals surface area contributed by atoms with Crippen molar-refractivity contribution in [1.29, 1.82) is 0 Å². The summed E-state index contributed by atoms with van der Waals surface area (Å²) in [6, 6.07) is 11.7. The number of benzene rings is 1. The molecule has 3 rings (SSSR count). The average molecular weight is 309 g/mol. The first-order valence-corrected chi connectivity index (χ1v) is 7.36. The van der Waals surface area contributed by atoms with Crippen molar-refractivity contribution < 1.29 is 4.74 Å². The molecule has 0 fully saturated rings. The lowest BCUT2D eigenvalue weighted by molar-refractivity contribution is 0.416. The van der Waals surface area contributed by atoms with Gasteiger partial charge in [0.1, 0.15) is 5.75 Å². The van der Waals surface area contributed by atoms with Crippen LogP contribution < -0.4 is 9.64 Å². The first-order valence-electron chi connectivity index (χ1n) is 7.36. The fourth-order valence-corrected chi connectivity index (χ4v) is 2.40. The van der Waals surface area contributed by atoms with E-state index in [2.05, 4.69) is 20.4 Å². The van der Waals surface area contributed by atoms with Crippen LogP contribution in [0.5, 0.6) is 5.75 Å². The molecule has 0 saturated heterocycles. The molecule has 3 aromatic rings. The maximum atomic E-state index is 5.37. The molecule has 1 N–H and O–H groups in total. The number of para-hydroxylation sites is 1. The zero-order valence-electron chi connectivity index (χ0n) is 13.4. The molecule has 0 amide bonds. The molecule has 118 valence electrons. The molecule has 1 aromatic carbocycles. The molecule has 2 heterocycles. The van der Waals surface area contributed by atoms with Crippen LogP contribution in [0.1, 0.15) is 11.3 Å². The number of hydrogen-bond donors (Lipinski definition) is 1. The topological polar surface area (TPSA) is 66.9 Å². The Morgan fingerprint density at radius 2 is 1.96 bits per heavy atom. The van der Waals surface area contributed by atoms with Crippen molar-refractivity contribution >= 4 is 5.82 Å². The number of aryl methyl sites for hydroxylation is 1. The van der Waals surface area contributed by atoms with Crippen LogP contribution in [0.3, 0.4) is 0 Å². The Labute approximate surface area is 135 Å². The first kappa shape index (κ1) is 15.0. The highest BCUT2D eigenvalue weighted by atomic mass is 16.5. The molecule has 0 aliphatic carbocycles. The van der Waals surface area contributed by atoms with Gasteiger partial charge in [-0.25, -0.2) is 0 Å². The molecule has 0 aliphatic rings. The number of methoxy groups -OCH3 is 1. The summed E-state index contributed by atoms with van der Waals surface area (Å²) in [5.41, 5.74) is 3.93. The normalized spacial score (nSPS) is 10.6. The molecule has 23 heavy (non-hydrogen) atoms. The van der Waals surface area contributed by atoms with E-state index < -0.39 is 0 Å². The van der Waals surface area contributed by atoms with E-state index in [-0.39, 0.29) is 0 Å². The van der Waals surface area contributed by atoms with E-state index in [1.54, 1.807) is 7.11 Å². The summed E-state index contributed by atoms with van der Waals surface area (Å²) >= 11 is 0. The van der Waals surface area contributed by atoms with Crippen LogP contribution in [-0.2, 0) is 6.54 Å². The molecule has 0 bridgehead atoms. The summed E-state index contributed by atoms with van der Waals surface area (Å²) in [6.45, 7) is 2.73. The van der Waals surface area contributed by atoms with Crippen molar-refractivity contribution in [3.05, 3.63) is 53.9 Å². The average Bonchev–Trinajstić information content (AvgIpc) is 3.00. The van der Waals surface area contributed by atoms with Crippen molar-refractivity contribution in [2.75, 3.05) is 19.1 Å². The van der Waals surface area contributed by atoms with E-state index in [9.17, 15) is 0 Å². The fraction of sp³-hybridized carbons (Fsp3) is 0.235. The minimum absolute atomic E-state index is 0.727. The number of anilines is 1. The second-order valence-corrected chi connectivity index (χ2v) is 5.35. The SMILES string of the molecule is COc1ccccc1-c1ccc(N(C)Cc2cn[nH]c2C)nn1. The number of H-pyrrole nitrogens is 1. The van der Waals surface area contributed by atoms with Gasteiger partial charge in [-0.3, -0.25) is 5.10 Å². The zero-order valence-corrected chi connectivity index (χ0v) is 13.4. The minimum Gasteiger partial charge on any atom is -0.496 e. The van der Waals surface area contributed by atoms with Crippen LogP contribution in [0.2, 0.25) is 0 Å². The van der Waals surface area contributed by atoms with E-state index in [1.807, 2.05) is 61.5 Å². The standard InChI is InChI=1S/C17H19N5O/c1-12-13(10-18-19-12)11-22(2)17-9-8-15(20-21-17)14-6-4-5-7-16(14)23-3/h4-10H,11H2,1-3H3,(H,18,19). The molecule has 0 saturated carbocycles. The summed E-state index contributed by atoms with van der Waals surface area (Å²) in [6.07, 6.45) is 1.84. The predicted octanol–water partition coefficient (Wildman–Crippen LogP) is 2.82. The Morgan fingerprint density at radius 1 is 1.13 bits per heavy atom. The molecule has 6 heteroatoms. The Kier molecular flexibility index (Phi) is 4.23. The Bertz CT molecular complexity index is 782.